The second-order valence-electron chi connectivity index (χ2n) is 4.04. The number of nitrogens with zero attached hydrogens (tertiary/aromatic N) is 1. The summed E-state index contributed by atoms with van der Waals surface area (Å²) in [5, 5.41) is 10.2. The number of pyridine rings is 1. The highest BCUT2D eigenvalue weighted by molar-refractivity contribution is 5.21. The van der Waals surface area contributed by atoms with E-state index in [0.29, 0.717) is 0 Å². The molecular formula is C10H16N2O. The van der Waals surface area contributed by atoms with E-state index in [-0.39, 0.29) is 0 Å². The van der Waals surface area contributed by atoms with Gasteiger partial charge in [-0.2, -0.15) is 0 Å². The fraction of sp³-hybridized carbons (Fsp3) is 0.500. The van der Waals surface area contributed by atoms with Crippen LogP contribution in [-0.2, 0) is 5.60 Å². The smallest absolute Gasteiger partial charge is 0.106 e. The van der Waals surface area contributed by atoms with Crippen molar-refractivity contribution in [3.8, 4) is 0 Å². The topological polar surface area (TPSA) is 59.1 Å². The Morgan fingerprint density at radius 2 is 2.00 bits per heavy atom. The van der Waals surface area contributed by atoms with Gasteiger partial charge in [-0.3, -0.25) is 4.98 Å². The molecule has 0 saturated heterocycles. The second kappa shape index (κ2) is 3.09. The molecule has 0 aliphatic heterocycles. The van der Waals surface area contributed by atoms with Crippen LogP contribution in [-0.4, -0.2) is 15.6 Å². The number of aliphatic hydroxyl groups is 1. The molecule has 3 N–H and O–H groups in total. The molecule has 0 amide bonds. The van der Waals surface area contributed by atoms with Crippen molar-refractivity contribution in [3.05, 3.63) is 30.1 Å². The van der Waals surface area contributed by atoms with Crippen molar-refractivity contribution in [2.45, 2.75) is 31.9 Å². The lowest BCUT2D eigenvalue weighted by Gasteiger charge is -2.36. The highest BCUT2D eigenvalue weighted by Gasteiger charge is 2.37. The van der Waals surface area contributed by atoms with Crippen LogP contribution < -0.4 is 5.73 Å². The normalized spacial score (nSPS) is 16.7. The lowest BCUT2D eigenvalue weighted by atomic mass is 9.80. The van der Waals surface area contributed by atoms with Crippen LogP contribution in [0.15, 0.2) is 24.5 Å². The van der Waals surface area contributed by atoms with Crippen molar-refractivity contribution < 1.29 is 5.11 Å². The molecule has 1 aromatic heterocycles. The SMILES string of the molecule is CC(C)(N)C(C)(O)c1cccnc1. The van der Waals surface area contributed by atoms with Gasteiger partial charge in [-0.15, -0.1) is 0 Å². The van der Waals surface area contributed by atoms with Crippen molar-refractivity contribution >= 4 is 0 Å². The summed E-state index contributed by atoms with van der Waals surface area (Å²) in [7, 11) is 0. The number of rotatable bonds is 2. The van der Waals surface area contributed by atoms with Crippen LogP contribution in [0.3, 0.4) is 0 Å². The van der Waals surface area contributed by atoms with Crippen LogP contribution in [0.2, 0.25) is 0 Å². The molecule has 0 saturated carbocycles. The highest BCUT2D eigenvalue weighted by Crippen LogP contribution is 2.29. The molecular weight excluding hydrogens is 164 g/mol. The van der Waals surface area contributed by atoms with Gasteiger partial charge in [0.25, 0.3) is 0 Å². The molecule has 1 heterocycles. The van der Waals surface area contributed by atoms with E-state index in [2.05, 4.69) is 4.98 Å². The molecule has 0 spiro atoms. The number of aromatic nitrogens is 1. The maximum absolute atomic E-state index is 10.2. The monoisotopic (exact) mass is 180 g/mol. The van der Waals surface area contributed by atoms with Crippen molar-refractivity contribution in [1.82, 2.24) is 4.98 Å². The Balaban J connectivity index is 3.08. The third kappa shape index (κ3) is 1.87. The summed E-state index contributed by atoms with van der Waals surface area (Å²) in [5.41, 5.74) is 4.87. The summed E-state index contributed by atoms with van der Waals surface area (Å²) in [6, 6.07) is 3.61. The Morgan fingerprint density at radius 3 is 2.38 bits per heavy atom. The average molecular weight is 180 g/mol. The molecule has 13 heavy (non-hydrogen) atoms. The molecule has 0 aliphatic rings. The third-order valence-electron chi connectivity index (χ3n) is 2.48. The van der Waals surface area contributed by atoms with Gasteiger partial charge in [0.1, 0.15) is 5.60 Å². The fourth-order valence-corrected chi connectivity index (χ4v) is 1.02. The minimum Gasteiger partial charge on any atom is -0.383 e. The van der Waals surface area contributed by atoms with Gasteiger partial charge in [-0.05, 0) is 26.8 Å². The quantitative estimate of drug-likeness (QED) is 0.714. The van der Waals surface area contributed by atoms with Crippen LogP contribution in [0.25, 0.3) is 0 Å². The first-order valence-corrected chi connectivity index (χ1v) is 4.27. The zero-order valence-electron chi connectivity index (χ0n) is 8.28. The minimum absolute atomic E-state index is 0.684. The fourth-order valence-electron chi connectivity index (χ4n) is 1.02. The minimum atomic E-state index is -1.05. The Labute approximate surface area is 78.6 Å². The van der Waals surface area contributed by atoms with Crippen LogP contribution >= 0.6 is 0 Å². The molecule has 72 valence electrons. The van der Waals surface area contributed by atoms with Crippen molar-refractivity contribution in [2.75, 3.05) is 0 Å². The molecule has 1 aromatic rings. The average Bonchev–Trinajstić information content (AvgIpc) is 2.04. The van der Waals surface area contributed by atoms with Crippen LogP contribution in [0.1, 0.15) is 26.3 Å². The van der Waals surface area contributed by atoms with Gasteiger partial charge in [0.15, 0.2) is 0 Å². The van der Waals surface area contributed by atoms with E-state index in [9.17, 15) is 5.11 Å². The van der Waals surface area contributed by atoms with Crippen molar-refractivity contribution in [1.29, 1.82) is 0 Å². The molecule has 0 fully saturated rings. The maximum Gasteiger partial charge on any atom is 0.106 e. The number of nitrogens with two attached hydrogens (primary N) is 1. The molecule has 1 rings (SSSR count). The molecule has 0 aliphatic carbocycles. The van der Waals surface area contributed by atoms with E-state index in [1.165, 1.54) is 0 Å². The third-order valence-corrected chi connectivity index (χ3v) is 2.48. The van der Waals surface area contributed by atoms with E-state index in [4.69, 9.17) is 5.73 Å². The Hall–Kier alpha value is -0.930. The van der Waals surface area contributed by atoms with Crippen LogP contribution in [0, 0.1) is 0 Å². The standard InChI is InChI=1S/C10H16N2O/c1-9(2,11)10(3,13)8-5-4-6-12-7-8/h4-7,13H,11H2,1-3H3. The molecule has 3 nitrogen and oxygen atoms in total. The van der Waals surface area contributed by atoms with E-state index < -0.39 is 11.1 Å². The largest absolute Gasteiger partial charge is 0.383 e. The molecule has 0 radical (unpaired) electrons. The first-order valence-electron chi connectivity index (χ1n) is 4.27. The molecule has 0 aromatic carbocycles. The summed E-state index contributed by atoms with van der Waals surface area (Å²) >= 11 is 0. The first kappa shape index (κ1) is 10.2. The van der Waals surface area contributed by atoms with E-state index >= 15 is 0 Å². The van der Waals surface area contributed by atoms with Crippen LogP contribution in [0.5, 0.6) is 0 Å². The van der Waals surface area contributed by atoms with Crippen molar-refractivity contribution in [2.24, 2.45) is 5.73 Å². The number of hydrogen-bond donors (Lipinski definition) is 2. The lowest BCUT2D eigenvalue weighted by Crippen LogP contribution is -2.52. The molecule has 0 bridgehead atoms. The van der Waals surface area contributed by atoms with Gasteiger partial charge < -0.3 is 10.8 Å². The predicted molar refractivity (Wildman–Crippen MR) is 52.1 cm³/mol. The van der Waals surface area contributed by atoms with Gasteiger partial charge in [-0.1, -0.05) is 6.07 Å². The van der Waals surface area contributed by atoms with E-state index in [1.54, 1.807) is 39.2 Å². The Kier molecular flexibility index (Phi) is 2.41. The number of hydrogen-bond acceptors (Lipinski definition) is 3. The zero-order chi connectivity index (χ0) is 10.1. The van der Waals surface area contributed by atoms with Crippen LogP contribution in [0.4, 0.5) is 0 Å². The van der Waals surface area contributed by atoms with Gasteiger partial charge >= 0.3 is 0 Å². The zero-order valence-corrected chi connectivity index (χ0v) is 8.28. The summed E-state index contributed by atoms with van der Waals surface area (Å²) in [6.07, 6.45) is 3.30. The second-order valence-corrected chi connectivity index (χ2v) is 4.04. The summed E-state index contributed by atoms with van der Waals surface area (Å²) in [5.74, 6) is 0. The van der Waals surface area contributed by atoms with Gasteiger partial charge in [0.2, 0.25) is 0 Å². The summed E-state index contributed by atoms with van der Waals surface area (Å²) in [4.78, 5) is 3.95. The Morgan fingerprint density at radius 1 is 1.38 bits per heavy atom. The Bertz CT molecular complexity index is 275. The molecule has 1 atom stereocenters. The predicted octanol–water partition coefficient (Wildman–Crippen LogP) is 1.03. The maximum atomic E-state index is 10.2. The lowest BCUT2D eigenvalue weighted by molar-refractivity contribution is -0.00898. The highest BCUT2D eigenvalue weighted by atomic mass is 16.3. The van der Waals surface area contributed by atoms with Gasteiger partial charge in [0, 0.05) is 23.5 Å². The van der Waals surface area contributed by atoms with E-state index in [0.717, 1.165) is 5.56 Å². The summed E-state index contributed by atoms with van der Waals surface area (Å²) < 4.78 is 0. The molecule has 3 heteroatoms. The first-order chi connectivity index (χ1) is 5.86. The van der Waals surface area contributed by atoms with Gasteiger partial charge in [0.05, 0.1) is 0 Å². The van der Waals surface area contributed by atoms with Crippen molar-refractivity contribution in [3.63, 3.8) is 0 Å². The van der Waals surface area contributed by atoms with E-state index in [1.807, 2.05) is 6.07 Å². The summed E-state index contributed by atoms with van der Waals surface area (Å²) in [6.45, 7) is 5.28. The molecule has 1 unspecified atom stereocenters. The van der Waals surface area contributed by atoms with Gasteiger partial charge in [-0.25, -0.2) is 0 Å².